The molecule has 6 heteroatoms. The second kappa shape index (κ2) is 7.04. The van der Waals surface area contributed by atoms with Crippen molar-refractivity contribution in [3.63, 3.8) is 0 Å². The summed E-state index contributed by atoms with van der Waals surface area (Å²) >= 11 is 7.67. The lowest BCUT2D eigenvalue weighted by atomic mass is 10.2. The van der Waals surface area contributed by atoms with E-state index in [9.17, 15) is 4.79 Å². The first-order chi connectivity index (χ1) is 9.69. The number of halogens is 1. The highest BCUT2D eigenvalue weighted by molar-refractivity contribution is 7.21. The predicted molar refractivity (Wildman–Crippen MR) is 81.7 cm³/mol. The highest BCUT2D eigenvalue weighted by Gasteiger charge is 2.21. The minimum absolute atomic E-state index is 0.0853. The number of aliphatic hydroxyl groups excluding tert-OH is 1. The number of thiophene rings is 1. The standard InChI is InChI=1S/C14H16ClNO3S/c1-19-9-7-16(6-8-17)14(18)13-12(15)10-4-2-3-5-11(10)20-13/h2-5,17H,6-9H2,1H3. The number of carbonyl (C=O) groups excluding carboxylic acids is 1. The molecule has 2 rings (SSSR count). The molecule has 1 aromatic heterocycles. The Morgan fingerprint density at radius 3 is 2.80 bits per heavy atom. The van der Waals surface area contributed by atoms with Gasteiger partial charge in [0, 0.05) is 30.3 Å². The SMILES string of the molecule is COCCN(CCO)C(=O)c1sc2ccccc2c1Cl. The average molecular weight is 314 g/mol. The van der Waals surface area contributed by atoms with Gasteiger partial charge in [0.2, 0.25) is 0 Å². The summed E-state index contributed by atoms with van der Waals surface area (Å²) in [4.78, 5) is 14.6. The number of ether oxygens (including phenoxy) is 1. The van der Waals surface area contributed by atoms with Crippen LogP contribution in [0.2, 0.25) is 5.02 Å². The Morgan fingerprint density at radius 1 is 1.40 bits per heavy atom. The van der Waals surface area contributed by atoms with E-state index < -0.39 is 0 Å². The lowest BCUT2D eigenvalue weighted by Gasteiger charge is -2.20. The van der Waals surface area contributed by atoms with Crippen molar-refractivity contribution in [2.75, 3.05) is 33.4 Å². The third kappa shape index (κ3) is 3.12. The van der Waals surface area contributed by atoms with Crippen molar-refractivity contribution in [2.45, 2.75) is 0 Å². The van der Waals surface area contributed by atoms with Gasteiger partial charge < -0.3 is 14.7 Å². The minimum atomic E-state index is -0.165. The largest absolute Gasteiger partial charge is 0.395 e. The summed E-state index contributed by atoms with van der Waals surface area (Å²) in [5.41, 5.74) is 0. The van der Waals surface area contributed by atoms with Gasteiger partial charge in [0.05, 0.1) is 18.2 Å². The van der Waals surface area contributed by atoms with Crippen LogP contribution in [0, 0.1) is 0 Å². The Labute approximate surface area is 126 Å². The molecule has 108 valence electrons. The van der Waals surface area contributed by atoms with Crippen LogP contribution in [0.1, 0.15) is 9.67 Å². The molecule has 0 aliphatic carbocycles. The van der Waals surface area contributed by atoms with E-state index in [-0.39, 0.29) is 19.1 Å². The Morgan fingerprint density at radius 2 is 2.15 bits per heavy atom. The van der Waals surface area contributed by atoms with E-state index in [1.807, 2.05) is 24.3 Å². The van der Waals surface area contributed by atoms with Gasteiger partial charge in [-0.3, -0.25) is 4.79 Å². The molecular weight excluding hydrogens is 298 g/mol. The van der Waals surface area contributed by atoms with Gasteiger partial charge in [-0.05, 0) is 6.07 Å². The Hall–Kier alpha value is -1.14. The molecule has 1 aromatic carbocycles. The van der Waals surface area contributed by atoms with Crippen LogP contribution in [0.3, 0.4) is 0 Å². The molecule has 1 N–H and O–H groups in total. The lowest BCUT2D eigenvalue weighted by molar-refractivity contribution is 0.0661. The summed E-state index contributed by atoms with van der Waals surface area (Å²) in [6.45, 7) is 1.04. The molecule has 0 unspecified atom stereocenters. The molecule has 4 nitrogen and oxygen atoms in total. The van der Waals surface area contributed by atoms with Gasteiger partial charge in [-0.2, -0.15) is 0 Å². The fourth-order valence-corrected chi connectivity index (χ4v) is 3.41. The van der Waals surface area contributed by atoms with E-state index in [0.717, 1.165) is 10.1 Å². The van der Waals surface area contributed by atoms with Gasteiger partial charge in [-0.15, -0.1) is 11.3 Å². The number of carbonyl (C=O) groups is 1. The van der Waals surface area contributed by atoms with Gasteiger partial charge >= 0.3 is 0 Å². The highest BCUT2D eigenvalue weighted by Crippen LogP contribution is 2.35. The van der Waals surface area contributed by atoms with Gasteiger partial charge in [-0.1, -0.05) is 29.8 Å². The topological polar surface area (TPSA) is 49.8 Å². The third-order valence-electron chi connectivity index (χ3n) is 2.95. The van der Waals surface area contributed by atoms with Crippen LogP contribution in [0.15, 0.2) is 24.3 Å². The number of hydrogen-bond donors (Lipinski definition) is 1. The molecule has 20 heavy (non-hydrogen) atoms. The van der Waals surface area contributed by atoms with Gasteiger partial charge in [-0.25, -0.2) is 0 Å². The molecule has 0 radical (unpaired) electrons. The first kappa shape index (κ1) is 15.3. The summed E-state index contributed by atoms with van der Waals surface area (Å²) < 4.78 is 5.97. The van der Waals surface area contributed by atoms with Crippen LogP contribution in [-0.2, 0) is 4.74 Å². The molecule has 1 amide bonds. The monoisotopic (exact) mass is 313 g/mol. The molecule has 0 saturated heterocycles. The van der Waals surface area contributed by atoms with E-state index in [1.165, 1.54) is 11.3 Å². The Bertz CT molecular complexity index is 599. The zero-order chi connectivity index (χ0) is 14.5. The number of nitrogens with zero attached hydrogens (tertiary/aromatic N) is 1. The quantitative estimate of drug-likeness (QED) is 0.892. The molecule has 0 bridgehead atoms. The Balaban J connectivity index is 2.30. The van der Waals surface area contributed by atoms with Crippen molar-refractivity contribution in [3.05, 3.63) is 34.2 Å². The molecule has 0 aliphatic rings. The van der Waals surface area contributed by atoms with E-state index >= 15 is 0 Å². The van der Waals surface area contributed by atoms with Gasteiger partial charge in [0.1, 0.15) is 4.88 Å². The van der Waals surface area contributed by atoms with Crippen molar-refractivity contribution < 1.29 is 14.6 Å². The second-order valence-corrected chi connectivity index (χ2v) is 5.68. The maximum atomic E-state index is 12.5. The first-order valence-corrected chi connectivity index (χ1v) is 7.44. The number of benzene rings is 1. The maximum Gasteiger partial charge on any atom is 0.265 e. The average Bonchev–Trinajstić information content (AvgIpc) is 2.80. The van der Waals surface area contributed by atoms with E-state index in [0.29, 0.717) is 23.1 Å². The number of fused-ring (bicyclic) bond motifs is 1. The lowest BCUT2D eigenvalue weighted by Crippen LogP contribution is -2.35. The molecule has 2 aromatic rings. The van der Waals surface area contributed by atoms with Crippen molar-refractivity contribution in [1.82, 2.24) is 4.90 Å². The van der Waals surface area contributed by atoms with Crippen LogP contribution in [0.5, 0.6) is 0 Å². The van der Waals surface area contributed by atoms with Crippen LogP contribution in [0.4, 0.5) is 0 Å². The van der Waals surface area contributed by atoms with Crippen LogP contribution in [0.25, 0.3) is 10.1 Å². The van der Waals surface area contributed by atoms with Gasteiger partial charge in [0.25, 0.3) is 5.91 Å². The molecule has 0 atom stereocenters. The van der Waals surface area contributed by atoms with E-state index in [1.54, 1.807) is 12.0 Å². The number of amides is 1. The fraction of sp³-hybridized carbons (Fsp3) is 0.357. The molecular formula is C14H16ClNO3S. The summed E-state index contributed by atoms with van der Waals surface area (Å²) in [6.07, 6.45) is 0. The van der Waals surface area contributed by atoms with E-state index in [4.69, 9.17) is 21.4 Å². The van der Waals surface area contributed by atoms with Crippen LogP contribution < -0.4 is 0 Å². The number of methoxy groups -OCH3 is 1. The smallest absolute Gasteiger partial charge is 0.265 e. The summed E-state index contributed by atoms with van der Waals surface area (Å²) in [5, 5.41) is 10.4. The zero-order valence-electron chi connectivity index (χ0n) is 11.1. The second-order valence-electron chi connectivity index (χ2n) is 4.25. The van der Waals surface area contributed by atoms with Crippen LogP contribution >= 0.6 is 22.9 Å². The predicted octanol–water partition coefficient (Wildman–Crippen LogP) is 2.64. The minimum Gasteiger partial charge on any atom is -0.395 e. The van der Waals surface area contributed by atoms with E-state index in [2.05, 4.69) is 0 Å². The first-order valence-electron chi connectivity index (χ1n) is 6.25. The summed E-state index contributed by atoms with van der Waals surface area (Å²) in [7, 11) is 1.58. The maximum absolute atomic E-state index is 12.5. The highest BCUT2D eigenvalue weighted by atomic mass is 35.5. The van der Waals surface area contributed by atoms with Crippen LogP contribution in [-0.4, -0.2) is 49.3 Å². The van der Waals surface area contributed by atoms with Crippen molar-refractivity contribution in [2.24, 2.45) is 0 Å². The van der Waals surface area contributed by atoms with Crippen molar-refractivity contribution in [1.29, 1.82) is 0 Å². The third-order valence-corrected chi connectivity index (χ3v) is 4.62. The zero-order valence-corrected chi connectivity index (χ0v) is 12.7. The molecule has 0 saturated carbocycles. The van der Waals surface area contributed by atoms with Crippen molar-refractivity contribution in [3.8, 4) is 0 Å². The molecule has 0 spiro atoms. The number of aliphatic hydroxyl groups is 1. The van der Waals surface area contributed by atoms with Gasteiger partial charge in [0.15, 0.2) is 0 Å². The molecule has 1 heterocycles. The Kier molecular flexibility index (Phi) is 5.37. The fourth-order valence-electron chi connectivity index (χ4n) is 1.93. The van der Waals surface area contributed by atoms with Crippen molar-refractivity contribution >= 4 is 38.9 Å². The summed E-state index contributed by atoms with van der Waals surface area (Å²) in [5.74, 6) is -0.165. The molecule has 0 fully saturated rings. The number of rotatable bonds is 6. The summed E-state index contributed by atoms with van der Waals surface area (Å²) in [6, 6.07) is 7.65. The molecule has 0 aliphatic heterocycles. The number of hydrogen-bond acceptors (Lipinski definition) is 4. The normalized spacial score (nSPS) is 10.9.